The van der Waals surface area contributed by atoms with Crippen molar-refractivity contribution in [2.45, 2.75) is 23.1 Å². The number of halogens is 1. The molecule has 0 heterocycles. The first kappa shape index (κ1) is 10.1. The van der Waals surface area contributed by atoms with Gasteiger partial charge in [-0.2, -0.15) is 0 Å². The Morgan fingerprint density at radius 3 is 2.58 bits per heavy atom. The fourth-order valence-electron chi connectivity index (χ4n) is 0.856. The van der Waals surface area contributed by atoms with E-state index in [1.807, 2.05) is 11.8 Å². The lowest BCUT2D eigenvalue weighted by Crippen LogP contribution is -1.91. The molecule has 1 rings (SSSR count). The van der Waals surface area contributed by atoms with Crippen LogP contribution < -0.4 is 0 Å². The van der Waals surface area contributed by atoms with Crippen molar-refractivity contribution >= 4 is 27.7 Å². The van der Waals surface area contributed by atoms with Gasteiger partial charge >= 0.3 is 0 Å². The minimum Gasteiger partial charge on any atom is -0.126 e. The van der Waals surface area contributed by atoms with Gasteiger partial charge in [-0.25, -0.2) is 0 Å². The molecule has 0 aliphatic rings. The average molecular weight is 245 g/mol. The lowest BCUT2D eigenvalue weighted by molar-refractivity contribution is 0.933. The molecule has 0 saturated carbocycles. The van der Waals surface area contributed by atoms with Crippen LogP contribution in [0.15, 0.2) is 35.2 Å². The Bertz CT molecular complexity index is 208. The maximum atomic E-state index is 3.53. The minimum atomic E-state index is 0.633. The Labute approximate surface area is 86.9 Å². The molecule has 66 valence electrons. The number of hydrogen-bond donors (Lipinski definition) is 0. The van der Waals surface area contributed by atoms with Crippen LogP contribution in [0.5, 0.6) is 0 Å². The van der Waals surface area contributed by atoms with Gasteiger partial charge in [0.25, 0.3) is 0 Å². The molecule has 0 unspecified atom stereocenters. The van der Waals surface area contributed by atoms with Crippen LogP contribution in [0.1, 0.15) is 13.3 Å². The summed E-state index contributed by atoms with van der Waals surface area (Å²) in [5.41, 5.74) is 0. The average Bonchev–Trinajstić information content (AvgIpc) is 2.05. The van der Waals surface area contributed by atoms with Gasteiger partial charge in [0, 0.05) is 9.72 Å². The highest BCUT2D eigenvalue weighted by atomic mass is 79.9. The third kappa shape index (κ3) is 4.17. The van der Waals surface area contributed by atoms with E-state index in [9.17, 15) is 0 Å². The fraction of sp³-hybridized carbons (Fsp3) is 0.400. The second kappa shape index (κ2) is 5.65. The SMILES string of the molecule is C[C@H](Br)CCSc1ccccc1. The highest BCUT2D eigenvalue weighted by Gasteiger charge is 1.96. The van der Waals surface area contributed by atoms with E-state index in [-0.39, 0.29) is 0 Å². The van der Waals surface area contributed by atoms with Crippen LogP contribution in [0.3, 0.4) is 0 Å². The molecule has 0 fully saturated rings. The number of rotatable bonds is 4. The minimum absolute atomic E-state index is 0.633. The molecule has 0 aliphatic carbocycles. The summed E-state index contributed by atoms with van der Waals surface area (Å²) in [4.78, 5) is 2.00. The Morgan fingerprint density at radius 2 is 2.00 bits per heavy atom. The first-order valence-electron chi connectivity index (χ1n) is 4.11. The van der Waals surface area contributed by atoms with Gasteiger partial charge in [-0.05, 0) is 24.3 Å². The third-order valence-corrected chi connectivity index (χ3v) is 3.03. The summed E-state index contributed by atoms with van der Waals surface area (Å²) in [6.45, 7) is 2.19. The zero-order valence-electron chi connectivity index (χ0n) is 7.16. The maximum absolute atomic E-state index is 3.53. The van der Waals surface area contributed by atoms with Gasteiger partial charge < -0.3 is 0 Å². The predicted octanol–water partition coefficient (Wildman–Crippen LogP) is 3.95. The quantitative estimate of drug-likeness (QED) is 0.571. The van der Waals surface area contributed by atoms with Crippen molar-refractivity contribution in [1.29, 1.82) is 0 Å². The molecule has 0 aliphatic heterocycles. The van der Waals surface area contributed by atoms with Crippen molar-refractivity contribution in [2.24, 2.45) is 0 Å². The van der Waals surface area contributed by atoms with E-state index >= 15 is 0 Å². The van der Waals surface area contributed by atoms with Crippen LogP contribution in [0.25, 0.3) is 0 Å². The van der Waals surface area contributed by atoms with Crippen molar-refractivity contribution in [3.8, 4) is 0 Å². The highest BCUT2D eigenvalue weighted by molar-refractivity contribution is 9.09. The Hall–Kier alpha value is 0.0500. The van der Waals surface area contributed by atoms with Crippen LogP contribution in [0.2, 0.25) is 0 Å². The van der Waals surface area contributed by atoms with Gasteiger partial charge in [-0.3, -0.25) is 0 Å². The molecule has 1 atom stereocenters. The van der Waals surface area contributed by atoms with Gasteiger partial charge in [0.2, 0.25) is 0 Å². The largest absolute Gasteiger partial charge is 0.126 e. The van der Waals surface area contributed by atoms with E-state index < -0.39 is 0 Å². The van der Waals surface area contributed by atoms with Crippen molar-refractivity contribution in [3.63, 3.8) is 0 Å². The molecule has 1 aromatic carbocycles. The number of hydrogen-bond acceptors (Lipinski definition) is 1. The molecule has 0 spiro atoms. The fourth-order valence-corrected chi connectivity index (χ4v) is 2.44. The Balaban J connectivity index is 2.25. The van der Waals surface area contributed by atoms with Crippen molar-refractivity contribution in [1.82, 2.24) is 0 Å². The predicted molar refractivity (Wildman–Crippen MR) is 60.2 cm³/mol. The zero-order valence-corrected chi connectivity index (χ0v) is 9.57. The Kier molecular flexibility index (Phi) is 4.77. The summed E-state index contributed by atoms with van der Waals surface area (Å²) < 4.78 is 0. The van der Waals surface area contributed by atoms with Crippen LogP contribution in [0.4, 0.5) is 0 Å². The molecule has 0 nitrogen and oxygen atoms in total. The summed E-state index contributed by atoms with van der Waals surface area (Å²) >= 11 is 5.45. The van der Waals surface area contributed by atoms with E-state index in [0.717, 1.165) is 0 Å². The normalized spacial score (nSPS) is 12.8. The van der Waals surface area contributed by atoms with Crippen LogP contribution >= 0.6 is 27.7 Å². The lowest BCUT2D eigenvalue weighted by atomic mass is 10.4. The van der Waals surface area contributed by atoms with Gasteiger partial charge in [0.1, 0.15) is 0 Å². The van der Waals surface area contributed by atoms with Gasteiger partial charge in [0.05, 0.1) is 0 Å². The third-order valence-electron chi connectivity index (χ3n) is 1.53. The summed E-state index contributed by atoms with van der Waals surface area (Å²) in [7, 11) is 0. The Morgan fingerprint density at radius 1 is 1.33 bits per heavy atom. The van der Waals surface area contributed by atoms with Crippen LogP contribution in [0, 0.1) is 0 Å². The van der Waals surface area contributed by atoms with E-state index in [1.165, 1.54) is 17.1 Å². The second-order valence-corrected chi connectivity index (χ2v) is 5.46. The van der Waals surface area contributed by atoms with Crippen LogP contribution in [-0.2, 0) is 0 Å². The van der Waals surface area contributed by atoms with Crippen molar-refractivity contribution < 1.29 is 0 Å². The molecular formula is C10H13BrS. The summed E-state index contributed by atoms with van der Waals surface area (Å²) in [6, 6.07) is 10.5. The van der Waals surface area contributed by atoms with E-state index in [1.54, 1.807) is 0 Å². The second-order valence-electron chi connectivity index (χ2n) is 2.73. The topological polar surface area (TPSA) is 0 Å². The first-order valence-corrected chi connectivity index (χ1v) is 6.01. The molecule has 0 saturated heterocycles. The van der Waals surface area contributed by atoms with E-state index in [0.29, 0.717) is 4.83 Å². The van der Waals surface area contributed by atoms with Crippen molar-refractivity contribution in [3.05, 3.63) is 30.3 Å². The summed E-state index contributed by atoms with van der Waals surface area (Å²) in [5.74, 6) is 1.19. The molecule has 0 aromatic heterocycles. The van der Waals surface area contributed by atoms with Crippen molar-refractivity contribution in [2.75, 3.05) is 5.75 Å². The number of alkyl halides is 1. The molecule has 0 amide bonds. The van der Waals surface area contributed by atoms with E-state index in [2.05, 4.69) is 53.2 Å². The monoisotopic (exact) mass is 244 g/mol. The number of thioether (sulfide) groups is 1. The molecule has 0 radical (unpaired) electrons. The van der Waals surface area contributed by atoms with Gasteiger partial charge in [-0.1, -0.05) is 41.1 Å². The number of benzene rings is 1. The molecule has 1 aromatic rings. The van der Waals surface area contributed by atoms with Crippen LogP contribution in [-0.4, -0.2) is 10.6 Å². The summed E-state index contributed by atoms with van der Waals surface area (Å²) in [5, 5.41) is 0. The van der Waals surface area contributed by atoms with E-state index in [4.69, 9.17) is 0 Å². The zero-order chi connectivity index (χ0) is 8.81. The summed E-state index contributed by atoms with van der Waals surface area (Å²) in [6.07, 6.45) is 1.22. The van der Waals surface area contributed by atoms with Gasteiger partial charge in [-0.15, -0.1) is 11.8 Å². The highest BCUT2D eigenvalue weighted by Crippen LogP contribution is 2.19. The smallest absolute Gasteiger partial charge is 0.0125 e. The standard InChI is InChI=1S/C10H13BrS/c1-9(11)7-8-12-10-5-3-2-4-6-10/h2-6,9H,7-8H2,1H3/t9-/m0/s1. The molecule has 0 N–H and O–H groups in total. The molecule has 2 heteroatoms. The lowest BCUT2D eigenvalue weighted by Gasteiger charge is -2.02. The first-order chi connectivity index (χ1) is 5.79. The maximum Gasteiger partial charge on any atom is 0.0125 e. The van der Waals surface area contributed by atoms with Gasteiger partial charge in [0.15, 0.2) is 0 Å². The molecular weight excluding hydrogens is 232 g/mol. The molecule has 0 bridgehead atoms. The molecule has 12 heavy (non-hydrogen) atoms.